The largest absolute Gasteiger partial charge is 0.309 e. The van der Waals surface area contributed by atoms with E-state index in [1.807, 2.05) is 37.2 Å². The maximum absolute atomic E-state index is 4.53. The lowest BCUT2D eigenvalue weighted by Gasteiger charge is -2.19. The van der Waals surface area contributed by atoms with Crippen LogP contribution in [0, 0.1) is 6.92 Å². The Kier molecular flexibility index (Phi) is 22.1. The summed E-state index contributed by atoms with van der Waals surface area (Å²) in [5, 5.41) is 22.2. The van der Waals surface area contributed by atoms with Crippen LogP contribution in [0.5, 0.6) is 0 Å². The molecule has 0 bridgehead atoms. The van der Waals surface area contributed by atoms with Gasteiger partial charge >= 0.3 is 0 Å². The molecule has 0 atom stereocenters. The Balaban J connectivity index is 0.000000110. The molecule has 0 unspecified atom stereocenters. The van der Waals surface area contributed by atoms with E-state index in [2.05, 4.69) is 551 Å². The van der Waals surface area contributed by atoms with Gasteiger partial charge in [-0.05, 0) is 315 Å². The van der Waals surface area contributed by atoms with Gasteiger partial charge in [0.15, 0.2) is 0 Å². The van der Waals surface area contributed by atoms with Crippen molar-refractivity contribution in [1.29, 1.82) is 0 Å². The first-order chi connectivity index (χ1) is 73.4. The van der Waals surface area contributed by atoms with Gasteiger partial charge in [0.2, 0.25) is 0 Å². The van der Waals surface area contributed by atoms with E-state index in [4.69, 9.17) is 0 Å². The van der Waals surface area contributed by atoms with Crippen molar-refractivity contribution in [2.24, 2.45) is 0 Å². The van der Waals surface area contributed by atoms with E-state index in [0.29, 0.717) is 0 Å². The van der Waals surface area contributed by atoms with Crippen LogP contribution in [0.25, 0.3) is 270 Å². The fourth-order valence-corrected chi connectivity index (χ4v) is 23.2. The Labute approximate surface area is 857 Å². The van der Waals surface area contributed by atoms with Crippen molar-refractivity contribution in [2.45, 2.75) is 6.92 Å². The summed E-state index contributed by atoms with van der Waals surface area (Å²) >= 11 is 0. The first-order valence-electron chi connectivity index (χ1n) is 50.7. The molecule has 23 aromatic carbocycles. The Morgan fingerprint density at radius 3 is 0.622 bits per heavy atom. The summed E-state index contributed by atoms with van der Waals surface area (Å²) in [6.07, 6.45) is 11.6. The van der Waals surface area contributed by atoms with Gasteiger partial charge in [0.1, 0.15) is 0 Å². The lowest BCUT2D eigenvalue weighted by molar-refractivity contribution is 1.17. The number of para-hydroxylation sites is 2. The van der Waals surface area contributed by atoms with E-state index in [-0.39, 0.29) is 0 Å². The molecule has 0 saturated heterocycles. The molecule has 0 spiro atoms. The smallest absolute Gasteiger partial charge is 0.0571 e. The summed E-state index contributed by atoms with van der Waals surface area (Å²) < 4.78 is 7.02. The van der Waals surface area contributed by atoms with Crippen molar-refractivity contribution in [3.05, 3.63) is 558 Å². The lowest BCUT2D eigenvalue weighted by Crippen LogP contribution is -1.94. The number of benzene rings is 23. The van der Waals surface area contributed by atoms with Crippen LogP contribution >= 0.6 is 0 Å². The van der Waals surface area contributed by atoms with Crippen LogP contribution < -0.4 is 0 Å². The molecular formula is C142H94N6. The Morgan fingerprint density at radius 1 is 0.128 bits per heavy atom. The molecule has 29 aromatic rings. The maximum atomic E-state index is 4.53. The summed E-state index contributed by atoms with van der Waals surface area (Å²) in [5.74, 6) is 0. The first kappa shape index (κ1) is 87.5. The minimum atomic E-state index is 1.15. The molecule has 148 heavy (non-hydrogen) atoms. The summed E-state index contributed by atoms with van der Waals surface area (Å²) in [4.78, 5) is 13.5. The average Bonchev–Trinajstić information content (AvgIpc) is 1.86. The number of pyridine rings is 3. The van der Waals surface area contributed by atoms with E-state index in [9.17, 15) is 0 Å². The minimum Gasteiger partial charge on any atom is -0.309 e. The van der Waals surface area contributed by atoms with Crippen molar-refractivity contribution < 1.29 is 0 Å². The molecule has 0 aliphatic heterocycles. The van der Waals surface area contributed by atoms with Gasteiger partial charge in [0.05, 0.1) is 33.1 Å². The van der Waals surface area contributed by atoms with Crippen molar-refractivity contribution in [2.75, 3.05) is 0 Å². The van der Waals surface area contributed by atoms with Gasteiger partial charge in [0.25, 0.3) is 0 Å². The number of fused-ring (bicyclic) bond motifs is 15. The number of nitrogens with zero attached hydrogens (tertiary/aromatic N) is 6. The summed E-state index contributed by atoms with van der Waals surface area (Å²) in [5.41, 5.74) is 38.6. The quantitative estimate of drug-likeness (QED) is 0.102. The SMILES string of the molecule is Cc1cccc(-n2c3ccncc3c3cc(-c4ccc5c(-c6ccccc6)c6ccccc6c(-c6ccccc6)c5c4)ccc32)c1.c1ccc(-c2c3ccccc3c(-c3ccccc3)c3cc(-c4ccc(-c5ccc6c(c5)c5cnccc5n6-c5ccccc5)cc4)ccc23)cc1.c1ccc(-c2c3ccccc3c(-c3ccccc3)c3cc(-c4cccc(-c5ccc6c(c5)c5cnccc5n6-c5ccccc5)c4)ccc23)cc1. The van der Waals surface area contributed by atoms with Gasteiger partial charge in [0, 0.05) is 86.6 Å². The van der Waals surface area contributed by atoms with Crippen LogP contribution in [0.15, 0.2) is 553 Å². The van der Waals surface area contributed by atoms with Crippen molar-refractivity contribution in [3.8, 4) is 139 Å². The van der Waals surface area contributed by atoms with Crippen molar-refractivity contribution in [3.63, 3.8) is 0 Å². The van der Waals surface area contributed by atoms with Crippen LogP contribution in [0.2, 0.25) is 0 Å². The molecule has 0 aliphatic carbocycles. The van der Waals surface area contributed by atoms with Gasteiger partial charge in [-0.1, -0.05) is 400 Å². The second-order valence-electron chi connectivity index (χ2n) is 38.4. The fraction of sp³-hybridized carbons (Fsp3) is 0.00704. The molecule has 29 rings (SSSR count). The molecule has 0 fully saturated rings. The van der Waals surface area contributed by atoms with E-state index < -0.39 is 0 Å². The highest BCUT2D eigenvalue weighted by Crippen LogP contribution is 2.51. The molecule has 0 saturated carbocycles. The Hall–Kier alpha value is -19.5. The van der Waals surface area contributed by atoms with Crippen LogP contribution in [-0.2, 0) is 0 Å². The molecular weight excluding hydrogens is 1790 g/mol. The summed E-state index contributed by atoms with van der Waals surface area (Å²) in [6.45, 7) is 2.15. The van der Waals surface area contributed by atoms with Crippen LogP contribution in [0.3, 0.4) is 0 Å². The zero-order valence-corrected chi connectivity index (χ0v) is 81.2. The summed E-state index contributed by atoms with van der Waals surface area (Å²) in [6, 6.07) is 187. The number of aryl methyl sites for hydroxylation is 1. The van der Waals surface area contributed by atoms with Crippen LogP contribution in [0.4, 0.5) is 0 Å². The average molecular weight is 1880 g/mol. The normalized spacial score (nSPS) is 11.5. The van der Waals surface area contributed by atoms with Gasteiger partial charge in [-0.25, -0.2) is 0 Å². The minimum absolute atomic E-state index is 1.15. The van der Waals surface area contributed by atoms with Crippen molar-refractivity contribution >= 4 is 130 Å². The second-order valence-corrected chi connectivity index (χ2v) is 38.4. The predicted molar refractivity (Wildman–Crippen MR) is 625 cm³/mol. The van der Waals surface area contributed by atoms with E-state index in [1.54, 1.807) is 0 Å². The zero-order chi connectivity index (χ0) is 98.1. The third-order valence-electron chi connectivity index (χ3n) is 29.8. The number of rotatable bonds is 14. The molecule has 0 N–H and O–H groups in total. The maximum Gasteiger partial charge on any atom is 0.0571 e. The highest BCUT2D eigenvalue weighted by atomic mass is 15.0. The highest BCUT2D eigenvalue weighted by Gasteiger charge is 2.26. The number of hydrogen-bond donors (Lipinski definition) is 0. The number of hydrogen-bond acceptors (Lipinski definition) is 3. The molecule has 6 heterocycles. The van der Waals surface area contributed by atoms with Gasteiger partial charge in [-0.2, -0.15) is 0 Å². The lowest BCUT2D eigenvalue weighted by atomic mass is 9.85. The Bertz CT molecular complexity index is 10200. The third kappa shape index (κ3) is 15.5. The van der Waals surface area contributed by atoms with E-state index in [1.165, 1.54) is 225 Å². The molecule has 0 aliphatic rings. The van der Waals surface area contributed by atoms with Gasteiger partial charge in [-0.15, -0.1) is 0 Å². The molecule has 692 valence electrons. The second kappa shape index (κ2) is 37.4. The molecule has 6 nitrogen and oxygen atoms in total. The van der Waals surface area contributed by atoms with Gasteiger partial charge in [-0.3, -0.25) is 15.0 Å². The monoisotopic (exact) mass is 1880 g/mol. The van der Waals surface area contributed by atoms with Crippen LogP contribution in [-0.4, -0.2) is 28.7 Å². The number of aromatic nitrogens is 6. The summed E-state index contributed by atoms with van der Waals surface area (Å²) in [7, 11) is 0. The van der Waals surface area contributed by atoms with E-state index in [0.717, 1.165) is 49.8 Å². The topological polar surface area (TPSA) is 53.5 Å². The van der Waals surface area contributed by atoms with Crippen LogP contribution in [0.1, 0.15) is 5.56 Å². The first-order valence-corrected chi connectivity index (χ1v) is 50.7. The standard InChI is InChI=1S/2C49H32N2.C44H30N2/c1-4-13-33(14-5-1)48-40-21-10-11-22-41(40)49(34-15-6-2-7-16-34)44-31-37(23-25-42(44)48)35-17-12-18-36(29-35)38-24-26-46-43(30-38)45-32-50-28-27-47(45)51(46)39-19-8-3-9-20-39;1-4-12-35(13-5-1)48-40-18-10-11-19-41(40)49(36-14-6-2-7-15-36)44-31-37(24-26-42(44)48)33-20-22-34(23-21-33)38-25-27-46-43(30-38)45-32-50-29-28-47(45)51(46)39-16-8-3-9-17-39;1-29-11-10-16-34(25-29)46-41-22-20-33(26-38(41)40-28-45-24-23-42(40)46)32-19-21-37-39(27-32)44(31-14-6-3-7-15-31)36-18-9-8-17-35(36)43(37)30-12-4-2-5-13-30/h2*1-32H;2-28H,1H3. The van der Waals surface area contributed by atoms with Gasteiger partial charge < -0.3 is 13.7 Å². The third-order valence-corrected chi connectivity index (χ3v) is 29.8. The molecule has 6 aromatic heterocycles. The molecule has 6 heteroatoms. The van der Waals surface area contributed by atoms with Crippen molar-refractivity contribution in [1.82, 2.24) is 28.7 Å². The zero-order valence-electron chi connectivity index (χ0n) is 81.2. The fourth-order valence-electron chi connectivity index (χ4n) is 23.2. The van der Waals surface area contributed by atoms with E-state index >= 15 is 0 Å². The highest BCUT2D eigenvalue weighted by molar-refractivity contribution is 6.26. The molecule has 0 radical (unpaired) electrons. The molecule has 0 amide bonds. The predicted octanol–water partition coefficient (Wildman–Crippen LogP) is 38.1. The Morgan fingerprint density at radius 2 is 0.331 bits per heavy atom.